The quantitative estimate of drug-likeness (QED) is 0.411. The highest BCUT2D eigenvalue weighted by Crippen LogP contribution is 2.17. The minimum absolute atomic E-state index is 0.674. The number of hydrogen-bond acceptors (Lipinski definition) is 1. The average molecular weight is 190 g/mol. The Bertz CT molecular complexity index is 358. The van der Waals surface area contributed by atoms with Crippen LogP contribution in [0.25, 0.3) is 4.85 Å². The highest BCUT2D eigenvalue weighted by atomic mass is 28.3. The molecule has 3 heteroatoms. The molecule has 2 N–H and O–H groups in total. The van der Waals surface area contributed by atoms with Gasteiger partial charge in [-0.25, -0.2) is 4.85 Å². The Kier molecular flexibility index (Phi) is 2.44. The summed E-state index contributed by atoms with van der Waals surface area (Å²) in [4.78, 5) is 3.50. The number of rotatable bonds is 1. The number of nitrogen functional groups attached to an aromatic ring is 1. The van der Waals surface area contributed by atoms with Gasteiger partial charge in [-0.2, -0.15) is 0 Å². The summed E-state index contributed by atoms with van der Waals surface area (Å²) < 4.78 is 0. The van der Waals surface area contributed by atoms with Gasteiger partial charge in [0, 0.05) is 5.69 Å². The molecule has 2 nitrogen and oxygen atoms in total. The summed E-state index contributed by atoms with van der Waals surface area (Å²) in [6.45, 7) is 13.7. The van der Waals surface area contributed by atoms with Crippen molar-refractivity contribution in [2.24, 2.45) is 0 Å². The van der Waals surface area contributed by atoms with E-state index in [4.69, 9.17) is 12.3 Å². The van der Waals surface area contributed by atoms with Gasteiger partial charge in [0.1, 0.15) is 0 Å². The lowest BCUT2D eigenvalue weighted by atomic mass is 10.3. The van der Waals surface area contributed by atoms with Crippen LogP contribution in [0, 0.1) is 6.57 Å². The van der Waals surface area contributed by atoms with Crippen molar-refractivity contribution in [1.29, 1.82) is 0 Å². The molecule has 68 valence electrons. The number of hydrogen-bond donors (Lipinski definition) is 1. The third kappa shape index (κ3) is 2.10. The van der Waals surface area contributed by atoms with Crippen LogP contribution < -0.4 is 10.9 Å². The zero-order valence-corrected chi connectivity index (χ0v) is 9.26. The molecule has 1 aromatic carbocycles. The van der Waals surface area contributed by atoms with Crippen molar-refractivity contribution in [2.45, 2.75) is 19.6 Å². The van der Waals surface area contributed by atoms with Crippen LogP contribution in [-0.4, -0.2) is 8.07 Å². The molecular weight excluding hydrogens is 176 g/mol. The summed E-state index contributed by atoms with van der Waals surface area (Å²) in [7, 11) is -1.39. The van der Waals surface area contributed by atoms with Crippen LogP contribution in [0.4, 0.5) is 11.4 Å². The fourth-order valence-electron chi connectivity index (χ4n) is 1.28. The maximum Gasteiger partial charge on any atom is 0.188 e. The normalized spacial score (nSPS) is 10.9. The van der Waals surface area contributed by atoms with E-state index in [-0.39, 0.29) is 0 Å². The van der Waals surface area contributed by atoms with E-state index in [9.17, 15) is 0 Å². The van der Waals surface area contributed by atoms with E-state index in [1.165, 1.54) is 5.19 Å². The van der Waals surface area contributed by atoms with E-state index in [1.807, 2.05) is 12.1 Å². The molecule has 0 saturated carbocycles. The lowest BCUT2D eigenvalue weighted by molar-refractivity contribution is 1.67. The van der Waals surface area contributed by atoms with Crippen molar-refractivity contribution in [2.75, 3.05) is 5.73 Å². The number of nitrogens with two attached hydrogens (primary N) is 1. The van der Waals surface area contributed by atoms with E-state index in [0.717, 1.165) is 5.69 Å². The summed E-state index contributed by atoms with van der Waals surface area (Å²) in [5.41, 5.74) is 7.01. The molecule has 0 bridgehead atoms. The van der Waals surface area contributed by atoms with E-state index >= 15 is 0 Å². The van der Waals surface area contributed by atoms with Crippen LogP contribution in [0.2, 0.25) is 19.6 Å². The van der Waals surface area contributed by atoms with Gasteiger partial charge in [-0.1, -0.05) is 30.9 Å². The zero-order chi connectivity index (χ0) is 10.1. The predicted octanol–water partition coefficient (Wildman–Crippen LogP) is 2.36. The minimum Gasteiger partial charge on any atom is -0.400 e. The molecule has 0 heterocycles. The third-order valence-electron chi connectivity index (χ3n) is 1.95. The van der Waals surface area contributed by atoms with E-state index in [1.54, 1.807) is 6.07 Å². The SMILES string of the molecule is [C-]#[N+]c1cc(N)ccc1[Si](C)(C)C. The van der Waals surface area contributed by atoms with Crippen LogP contribution in [0.3, 0.4) is 0 Å². The van der Waals surface area contributed by atoms with Crippen molar-refractivity contribution in [3.05, 3.63) is 29.6 Å². The van der Waals surface area contributed by atoms with E-state index < -0.39 is 8.07 Å². The third-order valence-corrected chi connectivity index (χ3v) is 3.99. The van der Waals surface area contributed by atoms with Crippen molar-refractivity contribution < 1.29 is 0 Å². The fourth-order valence-corrected chi connectivity index (χ4v) is 2.76. The summed E-state index contributed by atoms with van der Waals surface area (Å²) >= 11 is 0. The van der Waals surface area contributed by atoms with Crippen molar-refractivity contribution >= 4 is 24.6 Å². The number of nitrogens with zero attached hydrogens (tertiary/aromatic N) is 1. The maximum atomic E-state index is 7.05. The number of anilines is 1. The fraction of sp³-hybridized carbons (Fsp3) is 0.300. The molecular formula is C10H14N2Si. The Morgan fingerprint density at radius 3 is 2.38 bits per heavy atom. The smallest absolute Gasteiger partial charge is 0.188 e. The van der Waals surface area contributed by atoms with E-state index in [0.29, 0.717) is 5.69 Å². The number of benzene rings is 1. The van der Waals surface area contributed by atoms with Crippen LogP contribution >= 0.6 is 0 Å². The van der Waals surface area contributed by atoms with Crippen LogP contribution in [0.1, 0.15) is 0 Å². The second-order valence-corrected chi connectivity index (χ2v) is 9.18. The van der Waals surface area contributed by atoms with Gasteiger partial charge in [-0.15, -0.1) is 0 Å². The first-order valence-electron chi connectivity index (χ1n) is 4.22. The second-order valence-electron chi connectivity index (χ2n) is 4.14. The molecule has 0 radical (unpaired) electrons. The van der Waals surface area contributed by atoms with Crippen LogP contribution in [-0.2, 0) is 0 Å². The van der Waals surface area contributed by atoms with Crippen LogP contribution in [0.5, 0.6) is 0 Å². The van der Waals surface area contributed by atoms with Gasteiger partial charge in [0.05, 0.1) is 14.6 Å². The second kappa shape index (κ2) is 3.23. The largest absolute Gasteiger partial charge is 0.400 e. The average Bonchev–Trinajstić information content (AvgIpc) is 2.01. The topological polar surface area (TPSA) is 30.4 Å². The highest BCUT2D eigenvalue weighted by molar-refractivity contribution is 6.89. The molecule has 13 heavy (non-hydrogen) atoms. The summed E-state index contributed by atoms with van der Waals surface area (Å²) in [5, 5.41) is 1.19. The molecule has 0 aliphatic carbocycles. The van der Waals surface area contributed by atoms with Crippen molar-refractivity contribution in [1.82, 2.24) is 0 Å². The molecule has 0 amide bonds. The van der Waals surface area contributed by atoms with Gasteiger partial charge in [-0.05, 0) is 12.1 Å². The molecule has 1 aromatic rings. The Balaban J connectivity index is 3.32. The van der Waals surface area contributed by atoms with Gasteiger partial charge in [0.25, 0.3) is 0 Å². The molecule has 1 rings (SSSR count). The van der Waals surface area contributed by atoms with Crippen molar-refractivity contribution in [3.63, 3.8) is 0 Å². The standard InChI is InChI=1S/C10H14N2Si/c1-12-9-7-8(11)5-6-10(9)13(2,3)4/h5-7H,11H2,2-4H3. The molecule has 0 fully saturated rings. The van der Waals surface area contributed by atoms with Crippen molar-refractivity contribution in [3.8, 4) is 0 Å². The lowest BCUT2D eigenvalue weighted by Gasteiger charge is -2.18. The molecule has 0 aliphatic heterocycles. The Hall–Kier alpha value is -1.27. The maximum absolute atomic E-state index is 7.05. The summed E-state index contributed by atoms with van der Waals surface area (Å²) in [6.07, 6.45) is 0. The first-order chi connectivity index (χ1) is 5.95. The Morgan fingerprint density at radius 1 is 1.31 bits per heavy atom. The van der Waals surface area contributed by atoms with Gasteiger partial charge >= 0.3 is 0 Å². The lowest BCUT2D eigenvalue weighted by Crippen LogP contribution is -2.37. The predicted molar refractivity (Wildman–Crippen MR) is 60.1 cm³/mol. The van der Waals surface area contributed by atoms with E-state index in [2.05, 4.69) is 24.5 Å². The molecule has 0 spiro atoms. The van der Waals surface area contributed by atoms with Gasteiger partial charge < -0.3 is 5.73 Å². The van der Waals surface area contributed by atoms with Gasteiger partial charge in [0.15, 0.2) is 5.69 Å². The molecule has 0 saturated heterocycles. The van der Waals surface area contributed by atoms with Gasteiger partial charge in [0.2, 0.25) is 0 Å². The highest BCUT2D eigenvalue weighted by Gasteiger charge is 2.19. The zero-order valence-electron chi connectivity index (χ0n) is 8.26. The monoisotopic (exact) mass is 190 g/mol. The molecule has 0 atom stereocenters. The molecule has 0 unspecified atom stereocenters. The minimum atomic E-state index is -1.39. The summed E-state index contributed by atoms with van der Waals surface area (Å²) in [5.74, 6) is 0. The molecule has 0 aromatic heterocycles. The molecule has 0 aliphatic rings. The van der Waals surface area contributed by atoms with Crippen LogP contribution in [0.15, 0.2) is 18.2 Å². The Morgan fingerprint density at radius 2 is 1.92 bits per heavy atom. The first-order valence-corrected chi connectivity index (χ1v) is 7.72. The van der Waals surface area contributed by atoms with Gasteiger partial charge in [-0.3, -0.25) is 0 Å². The Labute approximate surface area is 80.2 Å². The first kappa shape index (κ1) is 9.81. The summed E-state index contributed by atoms with van der Waals surface area (Å²) in [6, 6.07) is 5.64.